The normalized spacial score (nSPS) is 10.7. The molecule has 0 radical (unpaired) electrons. The molecule has 2 rings (SSSR count). The monoisotopic (exact) mass is 209 g/mol. The van der Waals surface area contributed by atoms with Gasteiger partial charge < -0.3 is 9.67 Å². The van der Waals surface area contributed by atoms with E-state index in [0.717, 1.165) is 5.52 Å². The van der Waals surface area contributed by atoms with E-state index in [-0.39, 0.29) is 5.56 Å². The van der Waals surface area contributed by atoms with Crippen molar-refractivity contribution in [2.45, 2.75) is 0 Å². The van der Waals surface area contributed by atoms with E-state index in [9.17, 15) is 4.79 Å². The van der Waals surface area contributed by atoms with Gasteiger partial charge in [0.2, 0.25) is 0 Å². The molecule has 0 aliphatic carbocycles. The molecule has 0 spiro atoms. The summed E-state index contributed by atoms with van der Waals surface area (Å²) in [6, 6.07) is 6.79. The maximum absolute atomic E-state index is 10.9. The average Bonchev–Trinajstić information content (AvgIpc) is 2.43. The van der Waals surface area contributed by atoms with E-state index in [1.165, 1.54) is 0 Å². The van der Waals surface area contributed by atoms with Gasteiger partial charge in [-0.15, -0.1) is 0 Å². The van der Waals surface area contributed by atoms with Gasteiger partial charge in [-0.05, 0) is 18.2 Å². The highest BCUT2D eigenvalue weighted by Crippen LogP contribution is 2.25. The second kappa shape index (κ2) is 3.03. The van der Waals surface area contributed by atoms with Crippen molar-refractivity contribution in [3.05, 3.63) is 35.0 Å². The van der Waals surface area contributed by atoms with Gasteiger partial charge >= 0.3 is 5.97 Å². The molecule has 0 saturated carbocycles. The first-order valence-corrected chi connectivity index (χ1v) is 4.46. The van der Waals surface area contributed by atoms with Crippen molar-refractivity contribution in [1.82, 2.24) is 4.57 Å². The molecule has 3 nitrogen and oxygen atoms in total. The quantitative estimate of drug-likeness (QED) is 0.784. The van der Waals surface area contributed by atoms with Crippen LogP contribution in [0.15, 0.2) is 24.3 Å². The average molecular weight is 210 g/mol. The number of hydrogen-bond donors (Lipinski definition) is 1. The molecule has 2 aromatic rings. The van der Waals surface area contributed by atoms with Crippen molar-refractivity contribution in [3.63, 3.8) is 0 Å². The maximum Gasteiger partial charge on any atom is 0.336 e. The van der Waals surface area contributed by atoms with Crippen molar-refractivity contribution in [1.29, 1.82) is 0 Å². The van der Waals surface area contributed by atoms with E-state index in [4.69, 9.17) is 16.7 Å². The van der Waals surface area contributed by atoms with Gasteiger partial charge in [-0.3, -0.25) is 0 Å². The number of hydrogen-bond acceptors (Lipinski definition) is 1. The fraction of sp³-hybridized carbons (Fsp3) is 0.100. The van der Waals surface area contributed by atoms with Gasteiger partial charge in [0.15, 0.2) is 0 Å². The highest BCUT2D eigenvalue weighted by molar-refractivity contribution is 6.31. The first kappa shape index (κ1) is 9.09. The molecule has 72 valence electrons. The molecule has 0 atom stereocenters. The van der Waals surface area contributed by atoms with Crippen LogP contribution in [-0.4, -0.2) is 15.6 Å². The second-order valence-corrected chi connectivity index (χ2v) is 3.46. The van der Waals surface area contributed by atoms with E-state index in [0.29, 0.717) is 10.5 Å². The minimum atomic E-state index is -0.933. The Bertz CT molecular complexity index is 516. The largest absolute Gasteiger partial charge is 0.478 e. The number of benzene rings is 1. The number of aromatic nitrogens is 1. The molecular weight excluding hydrogens is 202 g/mol. The number of aromatic carboxylic acids is 1. The van der Waals surface area contributed by atoms with Crippen LogP contribution in [0.3, 0.4) is 0 Å². The van der Waals surface area contributed by atoms with Crippen LogP contribution < -0.4 is 0 Å². The summed E-state index contributed by atoms with van der Waals surface area (Å²) in [5.41, 5.74) is 1.11. The lowest BCUT2D eigenvalue weighted by atomic mass is 10.1. The molecule has 14 heavy (non-hydrogen) atoms. The fourth-order valence-corrected chi connectivity index (χ4v) is 1.71. The fourth-order valence-electron chi connectivity index (χ4n) is 1.51. The zero-order chi connectivity index (χ0) is 10.3. The SMILES string of the molecule is Cn1c(Cl)cc2c(C(=O)O)cccc21. The molecular formula is C10H8ClNO2. The van der Waals surface area contributed by atoms with Crippen LogP contribution in [0.5, 0.6) is 0 Å². The highest BCUT2D eigenvalue weighted by atomic mass is 35.5. The van der Waals surface area contributed by atoms with Gasteiger partial charge in [0.05, 0.1) is 5.56 Å². The predicted molar refractivity (Wildman–Crippen MR) is 54.9 cm³/mol. The Hall–Kier alpha value is -1.48. The number of carbonyl (C=O) groups is 1. The number of fused-ring (bicyclic) bond motifs is 1. The summed E-state index contributed by atoms with van der Waals surface area (Å²) >= 11 is 5.90. The molecule has 0 saturated heterocycles. The van der Waals surface area contributed by atoms with Crippen molar-refractivity contribution >= 4 is 28.5 Å². The Kier molecular flexibility index (Phi) is 1.97. The van der Waals surface area contributed by atoms with Crippen molar-refractivity contribution in [2.75, 3.05) is 0 Å². The molecule has 0 fully saturated rings. The minimum Gasteiger partial charge on any atom is -0.478 e. The summed E-state index contributed by atoms with van der Waals surface area (Å²) in [4.78, 5) is 10.9. The lowest BCUT2D eigenvalue weighted by Crippen LogP contribution is -1.96. The molecule has 0 aliphatic rings. The summed E-state index contributed by atoms with van der Waals surface area (Å²) in [5, 5.41) is 10.1. The smallest absolute Gasteiger partial charge is 0.336 e. The number of rotatable bonds is 1. The van der Waals surface area contributed by atoms with Crippen molar-refractivity contribution < 1.29 is 9.90 Å². The molecule has 0 aliphatic heterocycles. The minimum absolute atomic E-state index is 0.282. The highest BCUT2D eigenvalue weighted by Gasteiger charge is 2.11. The molecule has 4 heteroatoms. The zero-order valence-electron chi connectivity index (χ0n) is 7.49. The van der Waals surface area contributed by atoms with Gasteiger partial charge in [0.1, 0.15) is 5.15 Å². The number of nitrogens with zero attached hydrogens (tertiary/aromatic N) is 1. The maximum atomic E-state index is 10.9. The Morgan fingerprint density at radius 3 is 2.86 bits per heavy atom. The summed E-state index contributed by atoms with van der Waals surface area (Å²) in [6.07, 6.45) is 0. The van der Waals surface area contributed by atoms with Gasteiger partial charge in [-0.2, -0.15) is 0 Å². The lowest BCUT2D eigenvalue weighted by molar-refractivity contribution is 0.0699. The zero-order valence-corrected chi connectivity index (χ0v) is 8.25. The van der Waals surface area contributed by atoms with Crippen LogP contribution in [0, 0.1) is 0 Å². The molecule has 1 aromatic carbocycles. The molecule has 0 unspecified atom stereocenters. The third-order valence-electron chi connectivity index (χ3n) is 2.26. The van der Waals surface area contributed by atoms with Crippen LogP contribution in [0.4, 0.5) is 0 Å². The van der Waals surface area contributed by atoms with Gasteiger partial charge in [-0.25, -0.2) is 4.79 Å². The van der Waals surface area contributed by atoms with Gasteiger partial charge in [-0.1, -0.05) is 17.7 Å². The molecule has 0 bridgehead atoms. The standard InChI is InChI=1S/C10H8ClNO2/c1-12-8-4-2-3-6(10(13)14)7(8)5-9(12)11/h2-5H,1H3,(H,13,14). The van der Waals surface area contributed by atoms with Crippen molar-refractivity contribution in [2.24, 2.45) is 7.05 Å². The third-order valence-corrected chi connectivity index (χ3v) is 2.62. The molecule has 1 N–H and O–H groups in total. The van der Waals surface area contributed by atoms with Gasteiger partial charge in [0, 0.05) is 18.0 Å². The first-order chi connectivity index (χ1) is 6.61. The topological polar surface area (TPSA) is 42.2 Å². The van der Waals surface area contributed by atoms with E-state index in [2.05, 4.69) is 0 Å². The van der Waals surface area contributed by atoms with Crippen LogP contribution in [0.1, 0.15) is 10.4 Å². The van der Waals surface area contributed by atoms with E-state index < -0.39 is 5.97 Å². The first-order valence-electron chi connectivity index (χ1n) is 4.08. The summed E-state index contributed by atoms with van der Waals surface area (Å²) in [5.74, 6) is -0.933. The Morgan fingerprint density at radius 1 is 1.50 bits per heavy atom. The van der Waals surface area contributed by atoms with Crippen LogP contribution in [0.25, 0.3) is 10.9 Å². The van der Waals surface area contributed by atoms with E-state index in [1.54, 1.807) is 29.8 Å². The summed E-state index contributed by atoms with van der Waals surface area (Å²) in [6.45, 7) is 0. The van der Waals surface area contributed by atoms with Crippen LogP contribution >= 0.6 is 11.6 Å². The van der Waals surface area contributed by atoms with Crippen LogP contribution in [-0.2, 0) is 7.05 Å². The Morgan fingerprint density at radius 2 is 2.21 bits per heavy atom. The van der Waals surface area contributed by atoms with Gasteiger partial charge in [0.25, 0.3) is 0 Å². The summed E-state index contributed by atoms with van der Waals surface area (Å²) < 4.78 is 1.75. The molecule has 1 aromatic heterocycles. The Balaban J connectivity index is 2.88. The lowest BCUT2D eigenvalue weighted by Gasteiger charge is -1.98. The Labute approximate surface area is 85.5 Å². The number of carboxylic acids is 1. The summed E-state index contributed by atoms with van der Waals surface area (Å²) in [7, 11) is 1.80. The molecule has 1 heterocycles. The number of carboxylic acid groups (broad SMARTS) is 1. The van der Waals surface area contributed by atoms with E-state index in [1.807, 2.05) is 6.07 Å². The van der Waals surface area contributed by atoms with Crippen molar-refractivity contribution in [3.8, 4) is 0 Å². The van der Waals surface area contributed by atoms with E-state index >= 15 is 0 Å². The molecule has 0 amide bonds. The van der Waals surface area contributed by atoms with Crippen LogP contribution in [0.2, 0.25) is 5.15 Å². The number of aryl methyl sites for hydroxylation is 1. The second-order valence-electron chi connectivity index (χ2n) is 3.07. The predicted octanol–water partition coefficient (Wildman–Crippen LogP) is 2.53. The third kappa shape index (κ3) is 1.17. The number of halogens is 1.